The predicted octanol–water partition coefficient (Wildman–Crippen LogP) is 1.27. The lowest BCUT2D eigenvalue weighted by atomic mass is 10.2. The lowest BCUT2D eigenvalue weighted by molar-refractivity contribution is -0.116. The highest BCUT2D eigenvalue weighted by Crippen LogP contribution is 2.18. The van der Waals surface area contributed by atoms with E-state index in [4.69, 9.17) is 15.7 Å². The number of nitrogens with zero attached hydrogens (tertiary/aromatic N) is 3. The van der Waals surface area contributed by atoms with Gasteiger partial charge < -0.3 is 20.7 Å². The van der Waals surface area contributed by atoms with Gasteiger partial charge in [-0.15, -0.1) is 0 Å². The Hall–Kier alpha value is -3.58. The van der Waals surface area contributed by atoms with E-state index in [-0.39, 0.29) is 30.4 Å². The van der Waals surface area contributed by atoms with E-state index < -0.39 is 11.2 Å². The molecule has 0 aliphatic carbocycles. The van der Waals surface area contributed by atoms with Crippen molar-refractivity contribution in [1.29, 1.82) is 5.26 Å². The molecule has 1 aromatic carbocycles. The number of benzene rings is 1. The number of aromatic amines is 1. The second-order valence-corrected chi connectivity index (χ2v) is 6.93. The lowest BCUT2D eigenvalue weighted by Gasteiger charge is -2.25. The van der Waals surface area contributed by atoms with Crippen molar-refractivity contribution in [3.63, 3.8) is 0 Å². The Kier molecular flexibility index (Phi) is 8.84. The van der Waals surface area contributed by atoms with E-state index in [9.17, 15) is 14.4 Å². The van der Waals surface area contributed by atoms with Gasteiger partial charge in [-0.25, -0.2) is 4.79 Å². The second kappa shape index (κ2) is 11.6. The van der Waals surface area contributed by atoms with Gasteiger partial charge in [0.05, 0.1) is 17.9 Å². The summed E-state index contributed by atoms with van der Waals surface area (Å²) in [4.78, 5) is 41.1. The summed E-state index contributed by atoms with van der Waals surface area (Å²) in [6, 6.07) is 8.72. The predicted molar refractivity (Wildman–Crippen MR) is 119 cm³/mol. The number of nitrogen functional groups attached to an aromatic ring is 1. The summed E-state index contributed by atoms with van der Waals surface area (Å²) >= 11 is 0. The highest BCUT2D eigenvalue weighted by atomic mass is 16.5. The van der Waals surface area contributed by atoms with Gasteiger partial charge in [0.25, 0.3) is 5.56 Å². The normalized spacial score (nSPS) is 10.5. The van der Waals surface area contributed by atoms with Crippen LogP contribution in [0, 0.1) is 11.3 Å². The number of nitriles is 1. The molecule has 1 aromatic heterocycles. The van der Waals surface area contributed by atoms with Gasteiger partial charge in [0.1, 0.15) is 17.6 Å². The van der Waals surface area contributed by atoms with Crippen LogP contribution in [0.2, 0.25) is 0 Å². The number of hydrogen-bond donors (Lipinski definition) is 3. The third kappa shape index (κ3) is 6.20. The fraction of sp³-hybridized carbons (Fsp3) is 0.429. The Labute approximate surface area is 180 Å². The van der Waals surface area contributed by atoms with Crippen LogP contribution in [0.1, 0.15) is 31.7 Å². The molecule has 0 bridgehead atoms. The van der Waals surface area contributed by atoms with Crippen LogP contribution in [-0.2, 0) is 16.1 Å². The number of nitrogens with one attached hydrogen (secondary N) is 2. The first-order valence-corrected chi connectivity index (χ1v) is 10.1. The number of ether oxygens (including phenoxy) is 1. The highest BCUT2D eigenvalue weighted by Gasteiger charge is 2.20. The molecule has 166 valence electrons. The first-order valence-electron chi connectivity index (χ1n) is 10.1. The van der Waals surface area contributed by atoms with Crippen LogP contribution in [0.4, 0.5) is 17.2 Å². The van der Waals surface area contributed by atoms with Gasteiger partial charge in [-0.05, 0) is 18.6 Å². The number of para-hydroxylation sites is 1. The molecule has 10 heteroatoms. The lowest BCUT2D eigenvalue weighted by Crippen LogP contribution is -2.40. The SMILES string of the molecule is CCCCn1c(N)c(N(CCOC)CCC(=O)Nc2ccccc2C#N)c(=O)[nH]c1=O. The van der Waals surface area contributed by atoms with Crippen molar-refractivity contribution in [2.75, 3.05) is 42.8 Å². The van der Waals surface area contributed by atoms with Crippen LogP contribution in [0.15, 0.2) is 33.9 Å². The first-order chi connectivity index (χ1) is 14.9. The van der Waals surface area contributed by atoms with Gasteiger partial charge in [-0.2, -0.15) is 5.26 Å². The molecule has 2 aromatic rings. The molecular formula is C21H28N6O4. The molecule has 0 aliphatic heterocycles. The van der Waals surface area contributed by atoms with Gasteiger partial charge in [-0.3, -0.25) is 19.1 Å². The van der Waals surface area contributed by atoms with Crippen molar-refractivity contribution in [2.24, 2.45) is 0 Å². The fourth-order valence-electron chi connectivity index (χ4n) is 3.10. The molecule has 1 heterocycles. The topological polar surface area (TPSA) is 146 Å². The van der Waals surface area contributed by atoms with E-state index in [0.29, 0.717) is 30.9 Å². The molecule has 4 N–H and O–H groups in total. The number of H-pyrrole nitrogens is 1. The molecule has 0 atom stereocenters. The van der Waals surface area contributed by atoms with E-state index in [1.165, 1.54) is 11.7 Å². The van der Waals surface area contributed by atoms with E-state index in [0.717, 1.165) is 12.8 Å². The first kappa shape index (κ1) is 23.7. The smallest absolute Gasteiger partial charge is 0.330 e. The number of rotatable bonds is 11. The van der Waals surface area contributed by atoms with Crippen LogP contribution in [0.3, 0.4) is 0 Å². The average Bonchev–Trinajstić information content (AvgIpc) is 2.75. The Morgan fingerprint density at radius 2 is 2.06 bits per heavy atom. The van der Waals surface area contributed by atoms with Crippen LogP contribution >= 0.6 is 0 Å². The minimum atomic E-state index is -0.610. The van der Waals surface area contributed by atoms with Crippen molar-refractivity contribution >= 4 is 23.1 Å². The average molecular weight is 428 g/mol. The van der Waals surface area contributed by atoms with Gasteiger partial charge in [0, 0.05) is 33.2 Å². The molecule has 2 rings (SSSR count). The Balaban J connectivity index is 2.24. The van der Waals surface area contributed by atoms with Crippen molar-refractivity contribution in [2.45, 2.75) is 32.7 Å². The maximum Gasteiger partial charge on any atom is 0.330 e. The van der Waals surface area contributed by atoms with Crippen molar-refractivity contribution in [1.82, 2.24) is 9.55 Å². The van der Waals surface area contributed by atoms with E-state index in [2.05, 4.69) is 10.3 Å². The summed E-state index contributed by atoms with van der Waals surface area (Å²) < 4.78 is 6.46. The maximum absolute atomic E-state index is 12.5. The van der Waals surface area contributed by atoms with E-state index >= 15 is 0 Å². The summed E-state index contributed by atoms with van der Waals surface area (Å²) in [5.41, 5.74) is 5.94. The third-order valence-corrected chi connectivity index (χ3v) is 4.76. The standard InChI is InChI=1S/C21H28N6O4/c1-3-4-10-27-19(23)18(20(29)25-21(27)30)26(12-13-31-2)11-9-17(28)24-16-8-6-5-7-15(16)14-22/h5-8H,3-4,9-13,23H2,1-2H3,(H,24,28)(H,25,29,30). The molecule has 0 radical (unpaired) electrons. The molecule has 0 saturated carbocycles. The highest BCUT2D eigenvalue weighted by molar-refractivity contribution is 5.92. The molecule has 10 nitrogen and oxygen atoms in total. The number of hydrogen-bond acceptors (Lipinski definition) is 7. The summed E-state index contributed by atoms with van der Waals surface area (Å²) in [5.74, 6) is -0.257. The number of anilines is 3. The number of methoxy groups -OCH3 is 1. The number of aromatic nitrogens is 2. The largest absolute Gasteiger partial charge is 0.383 e. The number of amides is 1. The molecule has 31 heavy (non-hydrogen) atoms. The molecule has 0 spiro atoms. The second-order valence-electron chi connectivity index (χ2n) is 6.93. The van der Waals surface area contributed by atoms with Gasteiger partial charge in [-0.1, -0.05) is 25.5 Å². The number of unbranched alkanes of at least 4 members (excludes halogenated alkanes) is 1. The number of nitrogens with two attached hydrogens (primary N) is 1. The number of carbonyl (C=O) groups is 1. The van der Waals surface area contributed by atoms with Gasteiger partial charge >= 0.3 is 5.69 Å². The quantitative estimate of drug-likeness (QED) is 0.488. The Morgan fingerprint density at radius 3 is 2.74 bits per heavy atom. The summed E-state index contributed by atoms with van der Waals surface area (Å²) in [7, 11) is 1.53. The zero-order valence-corrected chi connectivity index (χ0v) is 17.8. The van der Waals surface area contributed by atoms with Gasteiger partial charge in [0.15, 0.2) is 0 Å². The maximum atomic E-state index is 12.5. The molecular weight excluding hydrogens is 400 g/mol. The monoisotopic (exact) mass is 428 g/mol. The minimum absolute atomic E-state index is 0.0381. The number of carbonyl (C=O) groups excluding carboxylic acids is 1. The van der Waals surface area contributed by atoms with Gasteiger partial charge in [0.2, 0.25) is 5.91 Å². The molecule has 0 unspecified atom stereocenters. The van der Waals surface area contributed by atoms with Crippen LogP contribution < -0.4 is 27.2 Å². The molecule has 0 fully saturated rings. The fourth-order valence-corrected chi connectivity index (χ4v) is 3.10. The molecule has 0 aliphatic rings. The summed E-state index contributed by atoms with van der Waals surface area (Å²) in [6.07, 6.45) is 1.63. The Bertz CT molecular complexity index is 1050. The Morgan fingerprint density at radius 1 is 1.32 bits per heavy atom. The van der Waals surface area contributed by atoms with Crippen molar-refractivity contribution in [3.05, 3.63) is 50.7 Å². The summed E-state index contributed by atoms with van der Waals surface area (Å²) in [5, 5.41) is 11.9. The molecule has 1 amide bonds. The van der Waals surface area contributed by atoms with Crippen LogP contribution in [0.25, 0.3) is 0 Å². The zero-order chi connectivity index (χ0) is 22.8. The third-order valence-electron chi connectivity index (χ3n) is 4.76. The van der Waals surface area contributed by atoms with Crippen LogP contribution in [0.5, 0.6) is 0 Å². The summed E-state index contributed by atoms with van der Waals surface area (Å²) in [6.45, 7) is 3.14. The van der Waals surface area contributed by atoms with Crippen molar-refractivity contribution in [3.8, 4) is 6.07 Å². The molecule has 0 saturated heterocycles. The van der Waals surface area contributed by atoms with E-state index in [1.807, 2.05) is 13.0 Å². The van der Waals surface area contributed by atoms with E-state index in [1.54, 1.807) is 29.2 Å². The minimum Gasteiger partial charge on any atom is -0.383 e. The van der Waals surface area contributed by atoms with Crippen molar-refractivity contribution < 1.29 is 9.53 Å². The zero-order valence-electron chi connectivity index (χ0n) is 17.8. The van der Waals surface area contributed by atoms with Crippen LogP contribution in [-0.4, -0.2) is 42.3 Å².